The molecule has 1 saturated heterocycles. The average molecular weight is 707 g/mol. The smallest absolute Gasteiger partial charge is 0.305 e. The molecule has 51 heavy (non-hydrogen) atoms. The van der Waals surface area contributed by atoms with Gasteiger partial charge in [0.05, 0.1) is 12.5 Å². The lowest BCUT2D eigenvalue weighted by molar-refractivity contribution is -0.345. The third-order valence-corrected chi connectivity index (χ3v) is 9.98. The van der Waals surface area contributed by atoms with Crippen LogP contribution in [0.25, 0.3) is 0 Å². The Balaban J connectivity index is 1.35. The molecule has 9 unspecified atom stereocenters. The van der Waals surface area contributed by atoms with Gasteiger partial charge >= 0.3 is 5.79 Å². The minimum absolute atomic E-state index is 0.0576. The Hall–Kier alpha value is -5.16. The van der Waals surface area contributed by atoms with Crippen LogP contribution >= 0.6 is 0 Å². The molecule has 8 rings (SSSR count). The highest BCUT2D eigenvalue weighted by Gasteiger charge is 2.62. The second-order valence-electron chi connectivity index (χ2n) is 13.0. The first kappa shape index (κ1) is 33.0. The molecule has 0 saturated carbocycles. The fourth-order valence-electron chi connectivity index (χ4n) is 7.45. The zero-order valence-electron chi connectivity index (χ0n) is 26.5. The SMILES string of the molecule is OCC1OC(OC2C3c4c(O)cc(O)cc4OC2(c2ccc(O)c(O)c2)Oc2ccc4c(c23)OC(c2ccc(O)c(O)c2)CC4)C(O)C(O)C1O. The van der Waals surface area contributed by atoms with E-state index in [9.17, 15) is 51.1 Å². The molecule has 2 bridgehead atoms. The normalized spacial score (nSPS) is 30.5. The minimum Gasteiger partial charge on any atom is -0.508 e. The first-order valence-corrected chi connectivity index (χ1v) is 16.2. The van der Waals surface area contributed by atoms with E-state index in [1.54, 1.807) is 18.2 Å². The first-order valence-electron chi connectivity index (χ1n) is 16.2. The van der Waals surface area contributed by atoms with Crippen LogP contribution in [0.1, 0.15) is 46.3 Å². The molecule has 0 aliphatic carbocycles. The van der Waals surface area contributed by atoms with Crippen molar-refractivity contribution < 1.29 is 74.7 Å². The summed E-state index contributed by atoms with van der Waals surface area (Å²) in [6.45, 7) is -0.746. The van der Waals surface area contributed by atoms with Crippen LogP contribution < -0.4 is 14.2 Å². The molecule has 0 radical (unpaired) electrons. The van der Waals surface area contributed by atoms with E-state index < -0.39 is 78.5 Å². The second kappa shape index (κ2) is 12.0. The van der Waals surface area contributed by atoms with Gasteiger partial charge in [0.2, 0.25) is 0 Å². The number of rotatable bonds is 5. The predicted molar refractivity (Wildman–Crippen MR) is 171 cm³/mol. The summed E-state index contributed by atoms with van der Waals surface area (Å²) in [5.74, 6) is -5.24. The highest BCUT2D eigenvalue weighted by molar-refractivity contribution is 5.66. The van der Waals surface area contributed by atoms with Gasteiger partial charge in [0.25, 0.3) is 0 Å². The summed E-state index contributed by atoms with van der Waals surface area (Å²) >= 11 is 0. The van der Waals surface area contributed by atoms with Crippen LogP contribution in [0, 0.1) is 0 Å². The Kier molecular flexibility index (Phi) is 7.75. The molecule has 268 valence electrons. The summed E-state index contributed by atoms with van der Waals surface area (Å²) in [7, 11) is 0. The summed E-state index contributed by atoms with van der Waals surface area (Å²) in [4.78, 5) is 0. The number of aromatic hydroxyl groups is 6. The Bertz CT molecular complexity index is 2020. The number of benzene rings is 4. The summed E-state index contributed by atoms with van der Waals surface area (Å²) in [5.41, 5.74) is 1.83. The summed E-state index contributed by atoms with van der Waals surface area (Å²) in [6, 6.07) is 13.9. The minimum atomic E-state index is -2.13. The van der Waals surface area contributed by atoms with Crippen molar-refractivity contribution in [1.82, 2.24) is 0 Å². The van der Waals surface area contributed by atoms with Gasteiger partial charge in [-0.15, -0.1) is 0 Å². The topological polar surface area (TPSA) is 248 Å². The van der Waals surface area contributed by atoms with Crippen LogP contribution in [-0.4, -0.2) is 94.5 Å². The van der Waals surface area contributed by atoms with Crippen molar-refractivity contribution in [3.8, 4) is 51.7 Å². The monoisotopic (exact) mass is 706 g/mol. The van der Waals surface area contributed by atoms with Crippen molar-refractivity contribution in [2.45, 2.75) is 67.5 Å². The number of ether oxygens (including phenoxy) is 5. The van der Waals surface area contributed by atoms with Crippen LogP contribution in [-0.2, 0) is 21.7 Å². The summed E-state index contributed by atoms with van der Waals surface area (Å²) < 4.78 is 32.0. The molecule has 0 amide bonds. The van der Waals surface area contributed by atoms with E-state index in [0.717, 1.165) is 17.7 Å². The molecule has 10 N–H and O–H groups in total. The van der Waals surface area contributed by atoms with Crippen molar-refractivity contribution in [2.75, 3.05) is 6.61 Å². The van der Waals surface area contributed by atoms with E-state index >= 15 is 0 Å². The average Bonchev–Trinajstić information content (AvgIpc) is 3.10. The van der Waals surface area contributed by atoms with E-state index in [2.05, 4.69) is 0 Å². The van der Waals surface area contributed by atoms with Gasteiger partial charge in [0.15, 0.2) is 35.4 Å². The molecule has 0 aromatic heterocycles. The van der Waals surface area contributed by atoms with Gasteiger partial charge in [-0.2, -0.15) is 0 Å². The number of hydrogen-bond donors (Lipinski definition) is 10. The lowest BCUT2D eigenvalue weighted by Crippen LogP contribution is -2.64. The van der Waals surface area contributed by atoms with Crippen LogP contribution in [0.4, 0.5) is 0 Å². The number of aryl methyl sites for hydroxylation is 1. The molecular weight excluding hydrogens is 672 g/mol. The summed E-state index contributed by atoms with van der Waals surface area (Å²) in [6.07, 6.45) is -9.60. The first-order chi connectivity index (χ1) is 24.4. The number of fused-ring (bicyclic) bond motifs is 8. The van der Waals surface area contributed by atoms with Gasteiger partial charge in [0, 0.05) is 28.8 Å². The van der Waals surface area contributed by atoms with Gasteiger partial charge in [0.1, 0.15) is 59.3 Å². The maximum Gasteiger partial charge on any atom is 0.305 e. The number of phenols is 6. The predicted octanol–water partition coefficient (Wildman–Crippen LogP) is 1.94. The van der Waals surface area contributed by atoms with Crippen LogP contribution in [0.2, 0.25) is 0 Å². The van der Waals surface area contributed by atoms with Crippen molar-refractivity contribution in [3.05, 3.63) is 88.5 Å². The number of hydrogen-bond acceptors (Lipinski definition) is 15. The molecule has 0 spiro atoms. The van der Waals surface area contributed by atoms with E-state index in [1.165, 1.54) is 30.3 Å². The molecule has 4 heterocycles. The highest BCUT2D eigenvalue weighted by atomic mass is 16.8. The molecule has 9 atom stereocenters. The molecule has 4 aromatic rings. The lowest BCUT2D eigenvalue weighted by atomic mass is 9.74. The van der Waals surface area contributed by atoms with E-state index in [-0.39, 0.29) is 39.9 Å². The number of phenolic OH excluding ortho intramolecular Hbond substituents is 6. The lowest BCUT2D eigenvalue weighted by Gasteiger charge is -2.53. The molecule has 4 aliphatic rings. The number of aliphatic hydroxyl groups is 4. The van der Waals surface area contributed by atoms with Gasteiger partial charge in [-0.1, -0.05) is 12.1 Å². The van der Waals surface area contributed by atoms with Crippen molar-refractivity contribution in [3.63, 3.8) is 0 Å². The Morgan fingerprint density at radius 3 is 2.16 bits per heavy atom. The van der Waals surface area contributed by atoms with E-state index in [1.807, 2.05) is 0 Å². The third-order valence-electron chi connectivity index (χ3n) is 9.98. The highest BCUT2D eigenvalue weighted by Crippen LogP contribution is 2.62. The zero-order valence-corrected chi connectivity index (χ0v) is 26.5. The van der Waals surface area contributed by atoms with Gasteiger partial charge < -0.3 is 74.7 Å². The van der Waals surface area contributed by atoms with Crippen molar-refractivity contribution in [2.24, 2.45) is 0 Å². The molecule has 1 fully saturated rings. The third kappa shape index (κ3) is 5.12. The Morgan fingerprint density at radius 2 is 1.43 bits per heavy atom. The second-order valence-corrected chi connectivity index (χ2v) is 13.0. The maximum absolute atomic E-state index is 11.4. The number of aliphatic hydroxyl groups excluding tert-OH is 4. The van der Waals surface area contributed by atoms with Gasteiger partial charge in [-0.25, -0.2) is 0 Å². The van der Waals surface area contributed by atoms with Crippen LogP contribution in [0.3, 0.4) is 0 Å². The molecular formula is C36H34O15. The quantitative estimate of drug-likeness (QED) is 0.133. The van der Waals surface area contributed by atoms with E-state index in [4.69, 9.17) is 23.7 Å². The summed E-state index contributed by atoms with van der Waals surface area (Å²) in [5, 5.41) is 105. The van der Waals surface area contributed by atoms with Crippen LogP contribution in [0.5, 0.6) is 51.7 Å². The Labute approximate surface area is 288 Å². The van der Waals surface area contributed by atoms with Gasteiger partial charge in [-0.05, 0) is 60.4 Å². The zero-order chi connectivity index (χ0) is 35.9. The Morgan fingerprint density at radius 1 is 0.706 bits per heavy atom. The molecule has 4 aliphatic heterocycles. The van der Waals surface area contributed by atoms with Crippen molar-refractivity contribution in [1.29, 1.82) is 0 Å². The van der Waals surface area contributed by atoms with Crippen molar-refractivity contribution >= 4 is 0 Å². The maximum atomic E-state index is 11.4. The molecule has 15 nitrogen and oxygen atoms in total. The fourth-order valence-corrected chi connectivity index (χ4v) is 7.45. The molecule has 15 heteroatoms. The molecule has 4 aromatic carbocycles. The standard InChI is InChI=1S/C36H34O15/c37-13-26-30(44)31(45)32(46)35(48-26)49-34-29-27-22(43)11-17(38)12-25(27)51-36(34,16-4-6-19(40)21(42)10-16)50-24-8-3-14-2-7-23(47-33(14)28(24)29)15-1-5-18(39)20(41)9-15/h1,3-6,8-12,23,26,29-32,34-35,37-46H,2,7,13H2. The fraction of sp³-hybridized carbons (Fsp3) is 0.333. The van der Waals surface area contributed by atoms with Crippen LogP contribution in [0.15, 0.2) is 60.7 Å². The largest absolute Gasteiger partial charge is 0.508 e. The van der Waals surface area contributed by atoms with Gasteiger partial charge in [-0.3, -0.25) is 0 Å². The van der Waals surface area contributed by atoms with E-state index in [0.29, 0.717) is 29.7 Å².